The normalized spacial score (nSPS) is 16.6. The zero-order valence-corrected chi connectivity index (χ0v) is 13.3. The minimum atomic E-state index is -1.29. The molecule has 1 aromatic heterocycles. The third-order valence-electron chi connectivity index (χ3n) is 2.82. The molecule has 0 bridgehead atoms. The summed E-state index contributed by atoms with van der Waals surface area (Å²) in [6, 6.07) is 1.64. The summed E-state index contributed by atoms with van der Waals surface area (Å²) in [5.74, 6) is -3.36. The number of allylic oxidation sites excluding steroid dienone is 1. The minimum absolute atomic E-state index is 0.231. The molecule has 0 unspecified atom stereocenters. The fourth-order valence-corrected chi connectivity index (χ4v) is 2.65. The van der Waals surface area contributed by atoms with E-state index in [1.807, 2.05) is 0 Å². The number of thiophene rings is 1. The molecule has 0 aliphatic carbocycles. The molecule has 0 atom stereocenters. The van der Waals surface area contributed by atoms with Crippen LogP contribution in [0.2, 0.25) is 0 Å². The lowest BCUT2D eigenvalue weighted by Crippen LogP contribution is -2.42. The summed E-state index contributed by atoms with van der Waals surface area (Å²) >= 11 is 1.18. The molecule has 0 amide bonds. The van der Waals surface area contributed by atoms with Gasteiger partial charge in [0.2, 0.25) is 0 Å². The second kappa shape index (κ2) is 5.80. The van der Waals surface area contributed by atoms with E-state index in [4.69, 9.17) is 9.47 Å². The summed E-state index contributed by atoms with van der Waals surface area (Å²) in [6.07, 6.45) is 0. The van der Waals surface area contributed by atoms with Crippen LogP contribution in [-0.4, -0.2) is 30.8 Å². The fourth-order valence-electron chi connectivity index (χ4n) is 1.88. The van der Waals surface area contributed by atoms with E-state index in [-0.39, 0.29) is 11.3 Å². The average Bonchev–Trinajstić information content (AvgIpc) is 2.83. The molecule has 1 aliphatic rings. The Kier molecular flexibility index (Phi) is 4.23. The van der Waals surface area contributed by atoms with Crippen LogP contribution in [0.25, 0.3) is 0 Å². The highest BCUT2D eigenvalue weighted by molar-refractivity contribution is 7.12. The highest BCUT2D eigenvalue weighted by Crippen LogP contribution is 2.28. The lowest BCUT2D eigenvalue weighted by molar-refractivity contribution is -0.222. The van der Waals surface area contributed by atoms with Crippen molar-refractivity contribution in [3.8, 4) is 0 Å². The molecule has 2 rings (SSSR count). The van der Waals surface area contributed by atoms with Crippen LogP contribution < -0.4 is 5.32 Å². The number of carbonyl (C=O) groups is 3. The van der Waals surface area contributed by atoms with Crippen molar-refractivity contribution in [2.75, 3.05) is 12.4 Å². The fraction of sp³-hybridized carbons (Fsp3) is 0.357. The molecule has 1 N–H and O–H groups in total. The van der Waals surface area contributed by atoms with Crippen molar-refractivity contribution in [1.82, 2.24) is 0 Å². The third kappa shape index (κ3) is 3.11. The number of nitrogens with one attached hydrogen (secondary N) is 1. The average molecular weight is 325 g/mol. The Morgan fingerprint density at radius 1 is 1.27 bits per heavy atom. The van der Waals surface area contributed by atoms with Crippen LogP contribution in [0.5, 0.6) is 0 Å². The Bertz CT molecular complexity index is 651. The molecule has 2 heterocycles. The lowest BCUT2D eigenvalue weighted by atomic mass is 10.1. The van der Waals surface area contributed by atoms with E-state index in [2.05, 4.69) is 10.1 Å². The van der Waals surface area contributed by atoms with Gasteiger partial charge in [-0.2, -0.15) is 0 Å². The lowest BCUT2D eigenvalue weighted by Gasteiger charge is -2.30. The molecule has 0 radical (unpaired) electrons. The molecule has 1 aliphatic heterocycles. The second-order valence-electron chi connectivity index (χ2n) is 4.96. The van der Waals surface area contributed by atoms with Crippen LogP contribution >= 0.6 is 11.3 Å². The SMILES string of the molecule is COC(=O)c1sccc1NC(C)=C1C(=O)OC(C)(C)OC1=O. The number of hydrogen-bond acceptors (Lipinski definition) is 8. The van der Waals surface area contributed by atoms with Crippen molar-refractivity contribution in [2.45, 2.75) is 26.6 Å². The summed E-state index contributed by atoms with van der Waals surface area (Å²) in [6.45, 7) is 4.46. The molecular weight excluding hydrogens is 310 g/mol. The Balaban J connectivity index is 2.30. The first-order chi connectivity index (χ1) is 10.2. The van der Waals surface area contributed by atoms with E-state index < -0.39 is 23.7 Å². The van der Waals surface area contributed by atoms with Gasteiger partial charge in [-0.1, -0.05) is 0 Å². The topological polar surface area (TPSA) is 90.9 Å². The van der Waals surface area contributed by atoms with Crippen LogP contribution in [-0.2, 0) is 23.8 Å². The van der Waals surface area contributed by atoms with Gasteiger partial charge in [-0.15, -0.1) is 11.3 Å². The van der Waals surface area contributed by atoms with Gasteiger partial charge >= 0.3 is 17.9 Å². The number of rotatable bonds is 3. The first-order valence-corrected chi connectivity index (χ1v) is 7.23. The number of anilines is 1. The van der Waals surface area contributed by atoms with E-state index in [9.17, 15) is 14.4 Å². The molecule has 1 saturated heterocycles. The maximum absolute atomic E-state index is 12.0. The summed E-state index contributed by atoms with van der Waals surface area (Å²) in [5, 5.41) is 4.54. The Morgan fingerprint density at radius 3 is 2.41 bits per heavy atom. The monoisotopic (exact) mass is 325 g/mol. The van der Waals surface area contributed by atoms with Gasteiger partial charge in [-0.05, 0) is 18.4 Å². The zero-order valence-electron chi connectivity index (χ0n) is 12.5. The Morgan fingerprint density at radius 2 is 1.86 bits per heavy atom. The van der Waals surface area contributed by atoms with Gasteiger partial charge < -0.3 is 19.5 Å². The van der Waals surface area contributed by atoms with Gasteiger partial charge in [0.15, 0.2) is 5.57 Å². The Labute approximate surface area is 130 Å². The van der Waals surface area contributed by atoms with Gasteiger partial charge in [0.1, 0.15) is 4.88 Å². The largest absolute Gasteiger partial charge is 0.465 e. The van der Waals surface area contributed by atoms with E-state index in [0.29, 0.717) is 10.6 Å². The highest BCUT2D eigenvalue weighted by atomic mass is 32.1. The van der Waals surface area contributed by atoms with E-state index in [1.165, 1.54) is 39.2 Å². The van der Waals surface area contributed by atoms with Gasteiger partial charge in [0.25, 0.3) is 5.79 Å². The molecule has 0 saturated carbocycles. The number of ether oxygens (including phenoxy) is 3. The minimum Gasteiger partial charge on any atom is -0.465 e. The van der Waals surface area contributed by atoms with Gasteiger partial charge in [0, 0.05) is 19.5 Å². The maximum atomic E-state index is 12.0. The van der Waals surface area contributed by atoms with Crippen molar-refractivity contribution in [1.29, 1.82) is 0 Å². The predicted molar refractivity (Wildman–Crippen MR) is 78.2 cm³/mol. The highest BCUT2D eigenvalue weighted by Gasteiger charge is 2.40. The second-order valence-corrected chi connectivity index (χ2v) is 5.87. The van der Waals surface area contributed by atoms with Crippen LogP contribution in [0.4, 0.5) is 5.69 Å². The predicted octanol–water partition coefficient (Wildman–Crippen LogP) is 2.06. The number of carbonyl (C=O) groups excluding carboxylic acids is 3. The Hall–Kier alpha value is -2.35. The smallest absolute Gasteiger partial charge is 0.350 e. The molecule has 0 aromatic carbocycles. The number of cyclic esters (lactones) is 2. The van der Waals surface area contributed by atoms with E-state index in [0.717, 1.165) is 0 Å². The summed E-state index contributed by atoms with van der Waals surface area (Å²) in [4.78, 5) is 35.9. The zero-order chi connectivity index (χ0) is 16.5. The van der Waals surface area contributed by atoms with Crippen LogP contribution in [0.3, 0.4) is 0 Å². The van der Waals surface area contributed by atoms with Crippen molar-refractivity contribution in [3.05, 3.63) is 27.6 Å². The van der Waals surface area contributed by atoms with Crippen molar-refractivity contribution >= 4 is 34.9 Å². The van der Waals surface area contributed by atoms with Crippen LogP contribution in [0.1, 0.15) is 30.4 Å². The van der Waals surface area contributed by atoms with E-state index in [1.54, 1.807) is 11.4 Å². The molecule has 22 heavy (non-hydrogen) atoms. The molecule has 1 fully saturated rings. The molecule has 118 valence electrons. The molecular formula is C14H15NO6S. The van der Waals surface area contributed by atoms with Gasteiger partial charge in [-0.25, -0.2) is 14.4 Å². The first kappa shape index (κ1) is 16.0. The standard InChI is InChI=1S/C14H15NO6S/c1-7(9-11(16)20-14(2,3)21-12(9)17)15-8-5-6-22-10(8)13(18)19-4/h5-6,15H,1-4H3. The molecule has 7 nitrogen and oxygen atoms in total. The quantitative estimate of drug-likeness (QED) is 0.516. The van der Waals surface area contributed by atoms with Crippen molar-refractivity contribution in [3.63, 3.8) is 0 Å². The number of methoxy groups -OCH3 is 1. The van der Waals surface area contributed by atoms with Crippen molar-refractivity contribution < 1.29 is 28.6 Å². The van der Waals surface area contributed by atoms with Crippen LogP contribution in [0.15, 0.2) is 22.7 Å². The summed E-state index contributed by atoms with van der Waals surface area (Å²) in [7, 11) is 1.27. The van der Waals surface area contributed by atoms with Crippen molar-refractivity contribution in [2.24, 2.45) is 0 Å². The number of esters is 3. The van der Waals surface area contributed by atoms with E-state index >= 15 is 0 Å². The summed E-state index contributed by atoms with van der Waals surface area (Å²) < 4.78 is 14.7. The third-order valence-corrected chi connectivity index (χ3v) is 3.71. The molecule has 8 heteroatoms. The molecule has 0 spiro atoms. The number of hydrogen-bond donors (Lipinski definition) is 1. The molecule has 1 aromatic rings. The maximum Gasteiger partial charge on any atom is 0.350 e. The van der Waals surface area contributed by atoms with Gasteiger partial charge in [-0.3, -0.25) is 0 Å². The van der Waals surface area contributed by atoms with Gasteiger partial charge in [0.05, 0.1) is 12.8 Å². The first-order valence-electron chi connectivity index (χ1n) is 6.35. The van der Waals surface area contributed by atoms with Crippen LogP contribution in [0, 0.1) is 0 Å². The summed E-state index contributed by atoms with van der Waals surface area (Å²) in [5.41, 5.74) is 0.433.